The zero-order valence-corrected chi connectivity index (χ0v) is 12.8. The van der Waals surface area contributed by atoms with Crippen LogP contribution < -0.4 is 5.32 Å². The molecule has 102 valence electrons. The molecule has 18 heavy (non-hydrogen) atoms. The van der Waals surface area contributed by atoms with Gasteiger partial charge in [-0.25, -0.2) is 4.98 Å². The molecule has 2 heterocycles. The average molecular weight is 267 g/mol. The fourth-order valence-electron chi connectivity index (χ4n) is 2.88. The first-order valence-corrected chi connectivity index (χ1v) is 7.78. The molecule has 2 rings (SSSR count). The van der Waals surface area contributed by atoms with Crippen LogP contribution in [0.15, 0.2) is 11.6 Å². The molecule has 0 amide bonds. The van der Waals surface area contributed by atoms with E-state index in [0.717, 1.165) is 19.6 Å². The summed E-state index contributed by atoms with van der Waals surface area (Å²) in [6, 6.07) is 0. The van der Waals surface area contributed by atoms with Gasteiger partial charge in [0.25, 0.3) is 0 Å². The molecule has 0 radical (unpaired) electrons. The summed E-state index contributed by atoms with van der Waals surface area (Å²) in [5, 5.41) is 7.01. The number of hydrogen-bond donors (Lipinski definition) is 1. The van der Waals surface area contributed by atoms with Gasteiger partial charge in [0, 0.05) is 35.7 Å². The van der Waals surface area contributed by atoms with E-state index in [1.54, 1.807) is 11.3 Å². The molecule has 0 aliphatic carbocycles. The molecule has 0 saturated carbocycles. The van der Waals surface area contributed by atoms with Gasteiger partial charge in [-0.2, -0.15) is 0 Å². The van der Waals surface area contributed by atoms with Crippen LogP contribution in [0.25, 0.3) is 0 Å². The van der Waals surface area contributed by atoms with E-state index >= 15 is 0 Å². The van der Waals surface area contributed by atoms with Gasteiger partial charge < -0.3 is 5.32 Å². The fourth-order valence-corrected chi connectivity index (χ4v) is 3.51. The SMILES string of the molecule is CCC1(CC)CNC(C)(C)CN1Cc1nccs1. The van der Waals surface area contributed by atoms with Crippen molar-refractivity contribution in [1.82, 2.24) is 15.2 Å². The van der Waals surface area contributed by atoms with Gasteiger partial charge in [-0.15, -0.1) is 11.3 Å². The van der Waals surface area contributed by atoms with Gasteiger partial charge in [0.05, 0.1) is 6.54 Å². The molecule has 0 atom stereocenters. The highest BCUT2D eigenvalue weighted by Gasteiger charge is 2.41. The largest absolute Gasteiger partial charge is 0.309 e. The van der Waals surface area contributed by atoms with Crippen molar-refractivity contribution < 1.29 is 0 Å². The van der Waals surface area contributed by atoms with Crippen molar-refractivity contribution in [3.05, 3.63) is 16.6 Å². The molecule has 4 heteroatoms. The lowest BCUT2D eigenvalue weighted by molar-refractivity contribution is 0.00230. The van der Waals surface area contributed by atoms with E-state index in [4.69, 9.17) is 0 Å². The van der Waals surface area contributed by atoms with Gasteiger partial charge in [-0.1, -0.05) is 13.8 Å². The van der Waals surface area contributed by atoms with Crippen LogP contribution in [0.3, 0.4) is 0 Å². The molecule has 3 nitrogen and oxygen atoms in total. The first-order chi connectivity index (χ1) is 8.51. The number of hydrogen-bond acceptors (Lipinski definition) is 4. The van der Waals surface area contributed by atoms with Crippen LogP contribution in [0.4, 0.5) is 0 Å². The Hall–Kier alpha value is -0.450. The number of nitrogens with one attached hydrogen (secondary N) is 1. The minimum absolute atomic E-state index is 0.200. The highest BCUT2D eigenvalue weighted by molar-refractivity contribution is 7.09. The van der Waals surface area contributed by atoms with Gasteiger partial charge in [0.2, 0.25) is 0 Å². The number of rotatable bonds is 4. The Morgan fingerprint density at radius 2 is 2.11 bits per heavy atom. The summed E-state index contributed by atoms with van der Waals surface area (Å²) < 4.78 is 0. The lowest BCUT2D eigenvalue weighted by atomic mass is 9.84. The predicted molar refractivity (Wildman–Crippen MR) is 77.9 cm³/mol. The van der Waals surface area contributed by atoms with E-state index in [1.807, 2.05) is 6.20 Å². The second-order valence-electron chi connectivity index (χ2n) is 5.95. The number of aromatic nitrogens is 1. The normalized spacial score (nSPS) is 23.1. The Kier molecular flexibility index (Phi) is 4.09. The summed E-state index contributed by atoms with van der Waals surface area (Å²) >= 11 is 1.77. The van der Waals surface area contributed by atoms with Crippen LogP contribution in [0, 0.1) is 0 Å². The second-order valence-corrected chi connectivity index (χ2v) is 6.93. The van der Waals surface area contributed by atoms with Crippen LogP contribution in [0.1, 0.15) is 45.5 Å². The molecule has 0 unspecified atom stereocenters. The summed E-state index contributed by atoms with van der Waals surface area (Å²) in [4.78, 5) is 7.09. The van der Waals surface area contributed by atoms with Crippen molar-refractivity contribution >= 4 is 11.3 Å². The number of thiazole rings is 1. The van der Waals surface area contributed by atoms with Crippen molar-refractivity contribution in [2.75, 3.05) is 13.1 Å². The monoisotopic (exact) mass is 267 g/mol. The van der Waals surface area contributed by atoms with Gasteiger partial charge >= 0.3 is 0 Å². The molecular weight excluding hydrogens is 242 g/mol. The quantitative estimate of drug-likeness (QED) is 0.909. The molecule has 0 spiro atoms. The minimum Gasteiger partial charge on any atom is -0.309 e. The topological polar surface area (TPSA) is 28.2 Å². The number of nitrogens with zero attached hydrogens (tertiary/aromatic N) is 2. The first-order valence-electron chi connectivity index (χ1n) is 6.90. The highest BCUT2D eigenvalue weighted by Crippen LogP contribution is 2.31. The van der Waals surface area contributed by atoms with E-state index in [1.165, 1.54) is 17.8 Å². The molecule has 1 fully saturated rings. The van der Waals surface area contributed by atoms with Crippen LogP contribution in [-0.4, -0.2) is 34.1 Å². The van der Waals surface area contributed by atoms with Crippen LogP contribution in [-0.2, 0) is 6.54 Å². The lowest BCUT2D eigenvalue weighted by Crippen LogP contribution is -2.67. The molecule has 1 saturated heterocycles. The maximum Gasteiger partial charge on any atom is 0.107 e. The highest BCUT2D eigenvalue weighted by atomic mass is 32.1. The summed E-state index contributed by atoms with van der Waals surface area (Å²) in [7, 11) is 0. The summed E-state index contributed by atoms with van der Waals surface area (Å²) in [6.07, 6.45) is 4.29. The molecule has 1 aliphatic rings. The fraction of sp³-hybridized carbons (Fsp3) is 0.786. The third-order valence-electron chi connectivity index (χ3n) is 4.28. The summed E-state index contributed by atoms with van der Waals surface area (Å²) in [6.45, 7) is 12.3. The molecule has 1 N–H and O–H groups in total. The molecule has 0 bridgehead atoms. The van der Waals surface area contributed by atoms with Crippen LogP contribution >= 0.6 is 11.3 Å². The van der Waals surface area contributed by atoms with Gasteiger partial charge in [-0.3, -0.25) is 4.90 Å². The minimum atomic E-state index is 0.200. The molecule has 1 aromatic heterocycles. The first kappa shape index (κ1) is 14.0. The zero-order valence-electron chi connectivity index (χ0n) is 12.0. The lowest BCUT2D eigenvalue weighted by Gasteiger charge is -2.52. The van der Waals surface area contributed by atoms with E-state index in [2.05, 4.69) is 48.3 Å². The van der Waals surface area contributed by atoms with Gasteiger partial charge in [0.15, 0.2) is 0 Å². The molecule has 1 aliphatic heterocycles. The maximum absolute atomic E-state index is 4.45. The molecular formula is C14H25N3S. The van der Waals surface area contributed by atoms with Crippen molar-refractivity contribution in [3.63, 3.8) is 0 Å². The van der Waals surface area contributed by atoms with Crippen molar-refractivity contribution in [3.8, 4) is 0 Å². The van der Waals surface area contributed by atoms with E-state index in [0.29, 0.717) is 5.54 Å². The smallest absolute Gasteiger partial charge is 0.107 e. The Bertz CT molecular complexity index is 368. The average Bonchev–Trinajstić information content (AvgIpc) is 2.82. The summed E-state index contributed by atoms with van der Waals surface area (Å²) in [5.41, 5.74) is 0.492. The van der Waals surface area contributed by atoms with Crippen molar-refractivity contribution in [2.45, 2.75) is 58.2 Å². The maximum atomic E-state index is 4.45. The van der Waals surface area contributed by atoms with Gasteiger partial charge in [-0.05, 0) is 26.7 Å². The van der Waals surface area contributed by atoms with Crippen molar-refractivity contribution in [2.24, 2.45) is 0 Å². The van der Waals surface area contributed by atoms with E-state index < -0.39 is 0 Å². The third-order valence-corrected chi connectivity index (χ3v) is 5.04. The van der Waals surface area contributed by atoms with E-state index in [-0.39, 0.29) is 5.54 Å². The standard InChI is InChI=1S/C14H25N3S/c1-5-14(6-2)10-16-13(3,4)11-17(14)9-12-15-7-8-18-12/h7-8,16H,5-6,9-11H2,1-4H3. The zero-order chi connectivity index (χ0) is 13.2. The van der Waals surface area contributed by atoms with Crippen LogP contribution in [0.5, 0.6) is 0 Å². The van der Waals surface area contributed by atoms with Crippen LogP contribution in [0.2, 0.25) is 0 Å². The molecule has 1 aromatic rings. The second kappa shape index (κ2) is 5.27. The molecule has 0 aromatic carbocycles. The Balaban J connectivity index is 2.19. The Morgan fingerprint density at radius 1 is 1.39 bits per heavy atom. The predicted octanol–water partition coefficient (Wildman–Crippen LogP) is 2.89. The number of piperazine rings is 1. The summed E-state index contributed by atoms with van der Waals surface area (Å²) in [5.74, 6) is 0. The van der Waals surface area contributed by atoms with Crippen molar-refractivity contribution in [1.29, 1.82) is 0 Å². The Labute approximate surface area is 115 Å². The Morgan fingerprint density at radius 3 is 2.67 bits per heavy atom. The third kappa shape index (κ3) is 2.76. The van der Waals surface area contributed by atoms with E-state index in [9.17, 15) is 0 Å². The van der Waals surface area contributed by atoms with Gasteiger partial charge in [0.1, 0.15) is 5.01 Å².